The fourth-order valence-electron chi connectivity index (χ4n) is 3.25. The van der Waals surface area contributed by atoms with Crippen LogP contribution in [0.2, 0.25) is 0 Å². The van der Waals surface area contributed by atoms with Crippen LogP contribution in [-0.2, 0) is 17.9 Å². The molecule has 0 unspecified atom stereocenters. The molecule has 4 nitrogen and oxygen atoms in total. The molecule has 4 heteroatoms. The van der Waals surface area contributed by atoms with Gasteiger partial charge in [0.1, 0.15) is 6.61 Å². The third kappa shape index (κ3) is 4.60. The van der Waals surface area contributed by atoms with E-state index in [1.54, 1.807) is 0 Å². The van der Waals surface area contributed by atoms with Crippen molar-refractivity contribution in [1.29, 1.82) is 0 Å². The van der Waals surface area contributed by atoms with E-state index in [4.69, 9.17) is 4.74 Å². The van der Waals surface area contributed by atoms with E-state index in [0.29, 0.717) is 19.7 Å². The number of benzene rings is 2. The van der Waals surface area contributed by atoms with E-state index >= 15 is 0 Å². The number of rotatable bonds is 4. The molecule has 0 aromatic heterocycles. The minimum Gasteiger partial charge on any atom is -0.445 e. The highest BCUT2D eigenvalue weighted by molar-refractivity contribution is 5.68. The summed E-state index contributed by atoms with van der Waals surface area (Å²) in [5.41, 5.74) is 2.23. The maximum Gasteiger partial charge on any atom is 0.410 e. The number of hydrogen-bond donors (Lipinski definition) is 0. The summed E-state index contributed by atoms with van der Waals surface area (Å²) >= 11 is 0. The molecule has 2 aromatic carbocycles. The van der Waals surface area contributed by atoms with Gasteiger partial charge in [0, 0.05) is 31.7 Å². The van der Waals surface area contributed by atoms with Crippen molar-refractivity contribution in [2.45, 2.75) is 32.5 Å². The quantitative estimate of drug-likeness (QED) is 0.847. The molecule has 0 radical (unpaired) electrons. The second-order valence-electron chi connectivity index (χ2n) is 7.18. The summed E-state index contributed by atoms with van der Waals surface area (Å²) < 4.78 is 5.48. The van der Waals surface area contributed by atoms with Crippen LogP contribution in [0.3, 0.4) is 0 Å². The van der Waals surface area contributed by atoms with Crippen LogP contribution in [0.4, 0.5) is 4.79 Å². The number of carbonyl (C=O) groups is 1. The van der Waals surface area contributed by atoms with Crippen molar-refractivity contribution in [3.05, 3.63) is 71.8 Å². The minimum absolute atomic E-state index is 0.0835. The van der Waals surface area contributed by atoms with Crippen molar-refractivity contribution in [2.75, 3.05) is 19.6 Å². The summed E-state index contributed by atoms with van der Waals surface area (Å²) in [4.78, 5) is 16.7. The Labute approximate surface area is 150 Å². The first kappa shape index (κ1) is 17.5. The van der Waals surface area contributed by atoms with Gasteiger partial charge in [0.15, 0.2) is 0 Å². The summed E-state index contributed by atoms with van der Waals surface area (Å²) in [6, 6.07) is 20.3. The molecule has 2 aromatic rings. The summed E-state index contributed by atoms with van der Waals surface area (Å²) in [6.45, 7) is 7.82. The summed E-state index contributed by atoms with van der Waals surface area (Å²) in [5, 5.41) is 0. The van der Waals surface area contributed by atoms with Crippen LogP contribution < -0.4 is 0 Å². The molecule has 1 aliphatic heterocycles. The Morgan fingerprint density at radius 2 is 1.56 bits per heavy atom. The number of piperazine rings is 1. The van der Waals surface area contributed by atoms with Gasteiger partial charge in [-0.1, -0.05) is 60.7 Å². The lowest BCUT2D eigenvalue weighted by Gasteiger charge is -2.46. The Balaban J connectivity index is 1.55. The van der Waals surface area contributed by atoms with Crippen molar-refractivity contribution in [3.8, 4) is 0 Å². The van der Waals surface area contributed by atoms with Gasteiger partial charge in [-0.05, 0) is 25.0 Å². The number of nitrogens with zero attached hydrogens (tertiary/aromatic N) is 2. The predicted molar refractivity (Wildman–Crippen MR) is 99.1 cm³/mol. The molecule has 0 spiro atoms. The molecule has 0 bridgehead atoms. The summed E-state index contributed by atoms with van der Waals surface area (Å²) in [7, 11) is 0. The third-order valence-corrected chi connectivity index (χ3v) is 4.75. The predicted octanol–water partition coefficient (Wildman–Crippen LogP) is 3.92. The minimum atomic E-state index is -0.226. The van der Waals surface area contributed by atoms with Crippen LogP contribution in [0, 0.1) is 0 Å². The molecule has 0 atom stereocenters. The molecule has 0 aliphatic carbocycles. The van der Waals surface area contributed by atoms with Crippen molar-refractivity contribution < 1.29 is 9.53 Å². The standard InChI is InChI=1S/C21H26N2O2/c1-21(2)17-22(20(24)25-16-19-11-7-4-8-12-19)13-14-23(21)15-18-9-5-3-6-10-18/h3-12H,13-17H2,1-2H3. The topological polar surface area (TPSA) is 32.8 Å². The molecule has 25 heavy (non-hydrogen) atoms. The number of ether oxygens (including phenoxy) is 1. The van der Waals surface area contributed by atoms with Gasteiger partial charge in [0.05, 0.1) is 0 Å². The Morgan fingerprint density at radius 3 is 2.16 bits per heavy atom. The maximum atomic E-state index is 12.4. The van der Waals surface area contributed by atoms with Crippen molar-refractivity contribution in [2.24, 2.45) is 0 Å². The van der Waals surface area contributed by atoms with Crippen molar-refractivity contribution in [3.63, 3.8) is 0 Å². The maximum absolute atomic E-state index is 12.4. The molecule has 3 rings (SSSR count). The van der Waals surface area contributed by atoms with Gasteiger partial charge < -0.3 is 9.64 Å². The summed E-state index contributed by atoms with van der Waals surface area (Å²) in [6.07, 6.45) is -0.226. The largest absolute Gasteiger partial charge is 0.445 e. The lowest BCUT2D eigenvalue weighted by molar-refractivity contribution is 0.00697. The first-order valence-electron chi connectivity index (χ1n) is 8.79. The van der Waals surface area contributed by atoms with Crippen LogP contribution >= 0.6 is 0 Å². The Kier molecular flexibility index (Phi) is 5.39. The SMILES string of the molecule is CC1(C)CN(C(=O)OCc2ccccc2)CCN1Cc1ccccc1. The van der Waals surface area contributed by atoms with Gasteiger partial charge in [-0.2, -0.15) is 0 Å². The molecule has 0 saturated carbocycles. The zero-order chi connectivity index (χ0) is 17.7. The van der Waals surface area contributed by atoms with Crippen molar-refractivity contribution >= 4 is 6.09 Å². The number of carbonyl (C=O) groups excluding carboxylic acids is 1. The molecular weight excluding hydrogens is 312 g/mol. The second kappa shape index (κ2) is 7.70. The smallest absolute Gasteiger partial charge is 0.410 e. The van der Waals surface area contributed by atoms with Crippen LogP contribution in [0.15, 0.2) is 60.7 Å². The Hall–Kier alpha value is -2.33. The monoisotopic (exact) mass is 338 g/mol. The molecule has 1 fully saturated rings. The summed E-state index contributed by atoms with van der Waals surface area (Å²) in [5.74, 6) is 0. The van der Waals surface area contributed by atoms with Crippen molar-refractivity contribution in [1.82, 2.24) is 9.80 Å². The lowest BCUT2D eigenvalue weighted by atomic mass is 9.98. The molecule has 1 amide bonds. The molecule has 1 aliphatic rings. The Bertz CT molecular complexity index is 686. The fourth-order valence-corrected chi connectivity index (χ4v) is 3.25. The highest BCUT2D eigenvalue weighted by Gasteiger charge is 2.36. The van der Waals surface area contributed by atoms with Crippen LogP contribution in [0.25, 0.3) is 0 Å². The first-order chi connectivity index (χ1) is 12.0. The van der Waals surface area contributed by atoms with E-state index in [1.165, 1.54) is 5.56 Å². The highest BCUT2D eigenvalue weighted by Crippen LogP contribution is 2.24. The molecular formula is C21H26N2O2. The average molecular weight is 338 g/mol. The molecule has 132 valence electrons. The number of amides is 1. The van der Waals surface area contributed by atoms with Crippen LogP contribution in [-0.4, -0.2) is 41.1 Å². The van der Waals surface area contributed by atoms with Gasteiger partial charge in [0.25, 0.3) is 0 Å². The third-order valence-electron chi connectivity index (χ3n) is 4.75. The van der Waals surface area contributed by atoms with E-state index in [2.05, 4.69) is 43.0 Å². The normalized spacial score (nSPS) is 17.3. The van der Waals surface area contributed by atoms with Gasteiger partial charge in [-0.3, -0.25) is 4.90 Å². The van der Waals surface area contributed by atoms with E-state index in [-0.39, 0.29) is 11.6 Å². The van der Waals surface area contributed by atoms with E-state index < -0.39 is 0 Å². The first-order valence-corrected chi connectivity index (χ1v) is 8.79. The average Bonchev–Trinajstić information content (AvgIpc) is 2.63. The van der Waals surface area contributed by atoms with E-state index in [0.717, 1.165) is 18.7 Å². The Morgan fingerprint density at radius 1 is 0.960 bits per heavy atom. The van der Waals surface area contributed by atoms with Gasteiger partial charge in [0.2, 0.25) is 0 Å². The van der Waals surface area contributed by atoms with E-state index in [1.807, 2.05) is 41.3 Å². The van der Waals surface area contributed by atoms with Gasteiger partial charge >= 0.3 is 6.09 Å². The lowest BCUT2D eigenvalue weighted by Crippen LogP contribution is -2.60. The van der Waals surface area contributed by atoms with Crippen LogP contribution in [0.5, 0.6) is 0 Å². The number of hydrogen-bond acceptors (Lipinski definition) is 3. The zero-order valence-corrected chi connectivity index (χ0v) is 15.0. The molecule has 0 N–H and O–H groups in total. The second-order valence-corrected chi connectivity index (χ2v) is 7.18. The van der Waals surface area contributed by atoms with Crippen LogP contribution in [0.1, 0.15) is 25.0 Å². The van der Waals surface area contributed by atoms with Gasteiger partial charge in [-0.25, -0.2) is 4.79 Å². The van der Waals surface area contributed by atoms with E-state index in [9.17, 15) is 4.79 Å². The molecule has 1 heterocycles. The molecule has 1 saturated heterocycles. The fraction of sp³-hybridized carbons (Fsp3) is 0.381. The highest BCUT2D eigenvalue weighted by atomic mass is 16.6. The zero-order valence-electron chi connectivity index (χ0n) is 15.0. The van der Waals surface area contributed by atoms with Gasteiger partial charge in [-0.15, -0.1) is 0 Å².